The minimum Gasteiger partial charge on any atom is -0.396 e. The SMILES string of the molecule is O=C(Nc1ccccc1N1CCCC1=O)N1CCC(CCCO)CC1. The van der Waals surface area contributed by atoms with Crippen molar-refractivity contribution in [2.75, 3.05) is 36.5 Å². The van der Waals surface area contributed by atoms with Gasteiger partial charge in [-0.25, -0.2) is 4.79 Å². The number of benzene rings is 1. The van der Waals surface area contributed by atoms with Crippen LogP contribution < -0.4 is 10.2 Å². The number of para-hydroxylation sites is 2. The molecule has 2 aliphatic rings. The van der Waals surface area contributed by atoms with Crippen molar-refractivity contribution in [3.8, 4) is 0 Å². The van der Waals surface area contributed by atoms with Gasteiger partial charge in [-0.15, -0.1) is 0 Å². The molecule has 0 saturated carbocycles. The van der Waals surface area contributed by atoms with Crippen LogP contribution in [0, 0.1) is 5.92 Å². The number of nitrogens with one attached hydrogen (secondary N) is 1. The van der Waals surface area contributed by atoms with E-state index in [1.54, 1.807) is 4.90 Å². The standard InChI is InChI=1S/C19H27N3O3/c23-14-4-5-15-9-12-21(13-10-15)19(25)20-16-6-1-2-7-17(16)22-11-3-8-18(22)24/h1-2,6-7,15,23H,3-5,8-14H2,(H,20,25). The van der Waals surface area contributed by atoms with Gasteiger partial charge in [-0.05, 0) is 50.2 Å². The molecule has 2 fully saturated rings. The smallest absolute Gasteiger partial charge is 0.321 e. The number of nitrogens with zero attached hydrogens (tertiary/aromatic N) is 2. The molecule has 25 heavy (non-hydrogen) atoms. The molecule has 3 rings (SSSR count). The summed E-state index contributed by atoms with van der Waals surface area (Å²) in [7, 11) is 0. The highest BCUT2D eigenvalue weighted by atomic mass is 16.3. The Balaban J connectivity index is 1.60. The fourth-order valence-electron chi connectivity index (χ4n) is 3.72. The third kappa shape index (κ3) is 4.31. The summed E-state index contributed by atoms with van der Waals surface area (Å²) < 4.78 is 0. The van der Waals surface area contributed by atoms with E-state index in [1.807, 2.05) is 29.2 Å². The van der Waals surface area contributed by atoms with Crippen molar-refractivity contribution in [1.82, 2.24) is 4.90 Å². The first-order valence-corrected chi connectivity index (χ1v) is 9.25. The van der Waals surface area contributed by atoms with Gasteiger partial charge in [0, 0.05) is 32.7 Å². The van der Waals surface area contributed by atoms with Crippen LogP contribution in [0.4, 0.5) is 16.2 Å². The van der Waals surface area contributed by atoms with Gasteiger partial charge in [-0.3, -0.25) is 4.79 Å². The molecule has 0 spiro atoms. The monoisotopic (exact) mass is 345 g/mol. The maximum atomic E-state index is 12.6. The van der Waals surface area contributed by atoms with Gasteiger partial charge >= 0.3 is 6.03 Å². The van der Waals surface area contributed by atoms with Gasteiger partial charge in [0.25, 0.3) is 0 Å². The number of carbonyl (C=O) groups excluding carboxylic acids is 2. The first-order valence-electron chi connectivity index (χ1n) is 9.25. The first kappa shape index (κ1) is 17.7. The van der Waals surface area contributed by atoms with E-state index in [4.69, 9.17) is 5.11 Å². The molecule has 0 unspecified atom stereocenters. The number of urea groups is 1. The predicted molar refractivity (Wildman–Crippen MR) is 97.7 cm³/mol. The Bertz CT molecular complexity index is 612. The number of hydrogen-bond acceptors (Lipinski definition) is 3. The molecule has 1 aromatic carbocycles. The molecule has 0 bridgehead atoms. The Morgan fingerprint density at radius 2 is 1.96 bits per heavy atom. The van der Waals surface area contributed by atoms with Crippen LogP contribution in [0.25, 0.3) is 0 Å². The Morgan fingerprint density at radius 3 is 2.64 bits per heavy atom. The molecule has 0 aliphatic carbocycles. The van der Waals surface area contributed by atoms with Gasteiger partial charge in [0.1, 0.15) is 0 Å². The molecular weight excluding hydrogens is 318 g/mol. The summed E-state index contributed by atoms with van der Waals surface area (Å²) in [5.74, 6) is 0.720. The second kappa shape index (κ2) is 8.34. The minimum absolute atomic E-state index is 0.0975. The fraction of sp³-hybridized carbons (Fsp3) is 0.579. The summed E-state index contributed by atoms with van der Waals surface area (Å²) in [5.41, 5.74) is 1.49. The van der Waals surface area contributed by atoms with Crippen LogP contribution in [-0.2, 0) is 4.79 Å². The fourth-order valence-corrected chi connectivity index (χ4v) is 3.72. The number of likely N-dealkylation sites (tertiary alicyclic amines) is 1. The third-order valence-electron chi connectivity index (χ3n) is 5.18. The number of anilines is 2. The number of aliphatic hydroxyl groups is 1. The van der Waals surface area contributed by atoms with Crippen molar-refractivity contribution < 1.29 is 14.7 Å². The summed E-state index contributed by atoms with van der Waals surface area (Å²) in [6.45, 7) is 2.44. The highest BCUT2D eigenvalue weighted by Crippen LogP contribution is 2.30. The largest absolute Gasteiger partial charge is 0.396 e. The lowest BCUT2D eigenvalue weighted by atomic mass is 9.92. The van der Waals surface area contributed by atoms with Crippen molar-refractivity contribution in [1.29, 1.82) is 0 Å². The second-order valence-electron chi connectivity index (χ2n) is 6.89. The van der Waals surface area contributed by atoms with E-state index >= 15 is 0 Å². The Morgan fingerprint density at radius 1 is 1.20 bits per heavy atom. The molecule has 136 valence electrons. The molecule has 6 nitrogen and oxygen atoms in total. The van der Waals surface area contributed by atoms with E-state index in [0.29, 0.717) is 24.6 Å². The number of amides is 3. The Hall–Kier alpha value is -2.08. The van der Waals surface area contributed by atoms with E-state index in [-0.39, 0.29) is 18.5 Å². The molecule has 0 aromatic heterocycles. The van der Waals surface area contributed by atoms with Crippen LogP contribution in [0.3, 0.4) is 0 Å². The molecule has 6 heteroatoms. The molecule has 1 aromatic rings. The summed E-state index contributed by atoms with van der Waals surface area (Å²) in [6, 6.07) is 7.41. The van der Waals surface area contributed by atoms with Gasteiger partial charge < -0.3 is 20.2 Å². The molecule has 2 heterocycles. The summed E-state index contributed by atoms with van der Waals surface area (Å²) >= 11 is 0. The van der Waals surface area contributed by atoms with E-state index in [9.17, 15) is 9.59 Å². The zero-order valence-corrected chi connectivity index (χ0v) is 14.6. The number of hydrogen-bond donors (Lipinski definition) is 2. The Labute approximate surface area is 148 Å². The van der Waals surface area contributed by atoms with Crippen molar-refractivity contribution in [2.24, 2.45) is 5.92 Å². The highest BCUT2D eigenvalue weighted by molar-refractivity contribution is 6.01. The number of rotatable bonds is 5. The Kier molecular flexibility index (Phi) is 5.91. The summed E-state index contributed by atoms with van der Waals surface area (Å²) in [5, 5.41) is 11.9. The lowest BCUT2D eigenvalue weighted by molar-refractivity contribution is -0.117. The highest BCUT2D eigenvalue weighted by Gasteiger charge is 2.26. The maximum absolute atomic E-state index is 12.6. The number of aliphatic hydroxyl groups excluding tert-OH is 1. The van der Waals surface area contributed by atoms with Crippen molar-refractivity contribution in [2.45, 2.75) is 38.5 Å². The van der Waals surface area contributed by atoms with Crippen molar-refractivity contribution >= 4 is 23.3 Å². The topological polar surface area (TPSA) is 72.9 Å². The van der Waals surface area contributed by atoms with Gasteiger partial charge in [0.05, 0.1) is 11.4 Å². The van der Waals surface area contributed by atoms with Crippen LogP contribution in [0.1, 0.15) is 38.5 Å². The zero-order valence-electron chi connectivity index (χ0n) is 14.6. The third-order valence-corrected chi connectivity index (χ3v) is 5.18. The van der Waals surface area contributed by atoms with E-state index in [0.717, 1.165) is 50.9 Å². The average Bonchev–Trinajstić information content (AvgIpc) is 3.06. The van der Waals surface area contributed by atoms with Crippen LogP contribution >= 0.6 is 0 Å². The minimum atomic E-state index is -0.0975. The number of piperidine rings is 1. The van der Waals surface area contributed by atoms with Crippen molar-refractivity contribution in [3.05, 3.63) is 24.3 Å². The normalized spacial score (nSPS) is 18.7. The number of carbonyl (C=O) groups is 2. The average molecular weight is 345 g/mol. The molecule has 2 aliphatic heterocycles. The van der Waals surface area contributed by atoms with Crippen molar-refractivity contribution in [3.63, 3.8) is 0 Å². The molecule has 2 saturated heterocycles. The van der Waals surface area contributed by atoms with Gasteiger partial charge in [-0.2, -0.15) is 0 Å². The molecule has 2 N–H and O–H groups in total. The molecular formula is C19H27N3O3. The van der Waals surface area contributed by atoms with Crippen LogP contribution in [-0.4, -0.2) is 48.2 Å². The first-order chi connectivity index (χ1) is 12.2. The quantitative estimate of drug-likeness (QED) is 0.862. The van der Waals surface area contributed by atoms with E-state index in [2.05, 4.69) is 5.32 Å². The van der Waals surface area contributed by atoms with Crippen LogP contribution in [0.5, 0.6) is 0 Å². The molecule has 0 radical (unpaired) electrons. The van der Waals surface area contributed by atoms with Crippen LogP contribution in [0.2, 0.25) is 0 Å². The zero-order chi connectivity index (χ0) is 17.6. The summed E-state index contributed by atoms with van der Waals surface area (Å²) in [4.78, 5) is 28.2. The van der Waals surface area contributed by atoms with Gasteiger partial charge in [-0.1, -0.05) is 12.1 Å². The lowest BCUT2D eigenvalue weighted by Gasteiger charge is -2.32. The molecule has 0 atom stereocenters. The summed E-state index contributed by atoms with van der Waals surface area (Å²) in [6.07, 6.45) is 5.28. The molecule has 3 amide bonds. The predicted octanol–water partition coefficient (Wildman–Crippen LogP) is 2.83. The van der Waals surface area contributed by atoms with Gasteiger partial charge in [0.2, 0.25) is 5.91 Å². The van der Waals surface area contributed by atoms with Crippen LogP contribution in [0.15, 0.2) is 24.3 Å². The maximum Gasteiger partial charge on any atom is 0.321 e. The van der Waals surface area contributed by atoms with Gasteiger partial charge in [0.15, 0.2) is 0 Å². The lowest BCUT2D eigenvalue weighted by Crippen LogP contribution is -2.41. The van der Waals surface area contributed by atoms with E-state index in [1.165, 1.54) is 0 Å². The second-order valence-corrected chi connectivity index (χ2v) is 6.89. The van der Waals surface area contributed by atoms with E-state index < -0.39 is 0 Å².